The van der Waals surface area contributed by atoms with E-state index in [0.29, 0.717) is 11.9 Å². The number of aromatic nitrogens is 3. The summed E-state index contributed by atoms with van der Waals surface area (Å²) in [4.78, 5) is 14.7. The predicted octanol–water partition coefficient (Wildman–Crippen LogP) is 2.22. The average molecular weight is 319 g/mol. The molecule has 0 bridgehead atoms. The van der Waals surface area contributed by atoms with Crippen molar-refractivity contribution in [2.75, 3.05) is 13.1 Å². The van der Waals surface area contributed by atoms with E-state index < -0.39 is 5.54 Å². The van der Waals surface area contributed by atoms with E-state index in [0.717, 1.165) is 44.5 Å². The van der Waals surface area contributed by atoms with Crippen molar-refractivity contribution in [3.63, 3.8) is 0 Å². The second kappa shape index (κ2) is 6.59. The van der Waals surface area contributed by atoms with Gasteiger partial charge in [-0.05, 0) is 39.5 Å². The molecular formula is C17H29N5O. The van der Waals surface area contributed by atoms with Crippen LogP contribution in [0.1, 0.15) is 70.5 Å². The molecule has 2 heterocycles. The fraction of sp³-hybridized carbons (Fsp3) is 0.824. The van der Waals surface area contributed by atoms with Gasteiger partial charge < -0.3 is 10.6 Å². The van der Waals surface area contributed by atoms with E-state index in [-0.39, 0.29) is 5.92 Å². The van der Waals surface area contributed by atoms with Gasteiger partial charge in [-0.3, -0.25) is 4.79 Å². The molecule has 6 nitrogen and oxygen atoms in total. The Hall–Kier alpha value is -1.43. The molecule has 23 heavy (non-hydrogen) atoms. The van der Waals surface area contributed by atoms with Gasteiger partial charge in [0.05, 0.1) is 17.8 Å². The monoisotopic (exact) mass is 319 g/mol. The average Bonchev–Trinajstić information content (AvgIpc) is 3.05. The summed E-state index contributed by atoms with van der Waals surface area (Å²) in [6.07, 6.45) is 9.74. The largest absolute Gasteiger partial charge is 0.342 e. The predicted molar refractivity (Wildman–Crippen MR) is 88.7 cm³/mol. The first-order valence-electron chi connectivity index (χ1n) is 8.95. The Morgan fingerprint density at radius 2 is 1.83 bits per heavy atom. The fourth-order valence-corrected chi connectivity index (χ4v) is 3.71. The van der Waals surface area contributed by atoms with Crippen LogP contribution in [0.2, 0.25) is 0 Å². The third-order valence-corrected chi connectivity index (χ3v) is 5.28. The van der Waals surface area contributed by atoms with Crippen LogP contribution in [-0.4, -0.2) is 38.9 Å². The Bertz CT molecular complexity index is 533. The summed E-state index contributed by atoms with van der Waals surface area (Å²) < 4.78 is 1.94. The molecule has 2 fully saturated rings. The first-order valence-corrected chi connectivity index (χ1v) is 8.95. The van der Waals surface area contributed by atoms with Crippen LogP contribution >= 0.6 is 0 Å². The SMILES string of the molecule is CC(C)(N)c1cn(C2CCN(C(=O)C3CCCCC3)CC2)nn1. The van der Waals surface area contributed by atoms with Crippen LogP contribution in [0.4, 0.5) is 0 Å². The highest BCUT2D eigenvalue weighted by atomic mass is 16.2. The maximum atomic E-state index is 12.6. The summed E-state index contributed by atoms with van der Waals surface area (Å²) in [5.74, 6) is 0.654. The molecule has 0 unspecified atom stereocenters. The summed E-state index contributed by atoms with van der Waals surface area (Å²) in [7, 11) is 0. The lowest BCUT2D eigenvalue weighted by Crippen LogP contribution is -2.42. The Kier molecular flexibility index (Phi) is 4.71. The number of nitrogens with zero attached hydrogens (tertiary/aromatic N) is 4. The molecule has 0 radical (unpaired) electrons. The van der Waals surface area contributed by atoms with Gasteiger partial charge in [0.1, 0.15) is 5.69 Å². The van der Waals surface area contributed by atoms with Crippen LogP contribution in [0.25, 0.3) is 0 Å². The van der Waals surface area contributed by atoms with E-state index in [9.17, 15) is 4.79 Å². The molecule has 3 rings (SSSR count). The molecule has 0 aromatic carbocycles. The van der Waals surface area contributed by atoms with Crippen LogP contribution in [0, 0.1) is 5.92 Å². The van der Waals surface area contributed by atoms with Crippen molar-refractivity contribution in [2.45, 2.75) is 70.4 Å². The zero-order chi connectivity index (χ0) is 16.4. The van der Waals surface area contributed by atoms with E-state index in [2.05, 4.69) is 15.2 Å². The number of likely N-dealkylation sites (tertiary alicyclic amines) is 1. The Labute approximate surface area is 138 Å². The van der Waals surface area contributed by atoms with Crippen LogP contribution in [0.15, 0.2) is 6.20 Å². The topological polar surface area (TPSA) is 77.0 Å². The highest BCUT2D eigenvalue weighted by molar-refractivity contribution is 5.79. The van der Waals surface area contributed by atoms with Gasteiger partial charge in [0, 0.05) is 19.0 Å². The molecule has 0 atom stereocenters. The summed E-state index contributed by atoms with van der Waals surface area (Å²) in [6, 6.07) is 0.328. The molecule has 128 valence electrons. The number of carbonyl (C=O) groups is 1. The molecule has 2 N–H and O–H groups in total. The zero-order valence-corrected chi connectivity index (χ0v) is 14.4. The highest BCUT2D eigenvalue weighted by Crippen LogP contribution is 2.29. The van der Waals surface area contributed by atoms with Gasteiger partial charge in [-0.25, -0.2) is 4.68 Å². The first kappa shape index (κ1) is 16.4. The van der Waals surface area contributed by atoms with Gasteiger partial charge in [0.2, 0.25) is 5.91 Å². The number of hydrogen-bond acceptors (Lipinski definition) is 4. The van der Waals surface area contributed by atoms with Gasteiger partial charge in [-0.1, -0.05) is 24.5 Å². The molecule has 1 aromatic heterocycles. The minimum absolute atomic E-state index is 0.274. The minimum atomic E-state index is -0.462. The highest BCUT2D eigenvalue weighted by Gasteiger charge is 2.30. The van der Waals surface area contributed by atoms with Gasteiger partial charge in [-0.2, -0.15) is 0 Å². The van der Waals surface area contributed by atoms with Crippen molar-refractivity contribution in [1.29, 1.82) is 0 Å². The van der Waals surface area contributed by atoms with Crippen LogP contribution in [0.5, 0.6) is 0 Å². The van der Waals surface area contributed by atoms with Crippen molar-refractivity contribution in [2.24, 2.45) is 11.7 Å². The number of hydrogen-bond donors (Lipinski definition) is 1. The van der Waals surface area contributed by atoms with E-state index in [1.165, 1.54) is 19.3 Å². The van der Waals surface area contributed by atoms with Crippen molar-refractivity contribution >= 4 is 5.91 Å². The van der Waals surface area contributed by atoms with Crippen LogP contribution < -0.4 is 5.73 Å². The Balaban J connectivity index is 1.55. The molecule has 0 spiro atoms. The van der Waals surface area contributed by atoms with Gasteiger partial charge in [-0.15, -0.1) is 5.10 Å². The summed E-state index contributed by atoms with van der Waals surface area (Å²) in [5, 5.41) is 8.45. The van der Waals surface area contributed by atoms with Crippen molar-refractivity contribution in [3.05, 3.63) is 11.9 Å². The Morgan fingerprint density at radius 1 is 1.17 bits per heavy atom. The number of piperidine rings is 1. The number of amides is 1. The Morgan fingerprint density at radius 3 is 2.39 bits per heavy atom. The standard InChI is InChI=1S/C17H29N5O/c1-17(2,18)15-12-22(20-19-15)14-8-10-21(11-9-14)16(23)13-6-4-3-5-7-13/h12-14H,3-11,18H2,1-2H3. The number of rotatable bonds is 3. The molecular weight excluding hydrogens is 290 g/mol. The maximum Gasteiger partial charge on any atom is 0.225 e. The molecule has 1 saturated heterocycles. The third kappa shape index (κ3) is 3.74. The molecule has 1 aromatic rings. The third-order valence-electron chi connectivity index (χ3n) is 5.28. The van der Waals surface area contributed by atoms with Crippen molar-refractivity contribution < 1.29 is 4.79 Å². The van der Waals surface area contributed by atoms with Gasteiger partial charge in [0.15, 0.2) is 0 Å². The normalized spacial score (nSPS) is 21.6. The number of nitrogens with two attached hydrogens (primary N) is 1. The minimum Gasteiger partial charge on any atom is -0.342 e. The second-order valence-electron chi connectivity index (χ2n) is 7.70. The molecule has 1 amide bonds. The fourth-order valence-electron chi connectivity index (χ4n) is 3.71. The molecule has 1 saturated carbocycles. The van der Waals surface area contributed by atoms with Gasteiger partial charge >= 0.3 is 0 Å². The van der Waals surface area contributed by atoms with Crippen LogP contribution in [-0.2, 0) is 10.3 Å². The van der Waals surface area contributed by atoms with Gasteiger partial charge in [0.25, 0.3) is 0 Å². The number of carbonyl (C=O) groups excluding carboxylic acids is 1. The lowest BCUT2D eigenvalue weighted by atomic mass is 9.87. The zero-order valence-electron chi connectivity index (χ0n) is 14.4. The maximum absolute atomic E-state index is 12.6. The van der Waals surface area contributed by atoms with E-state index in [4.69, 9.17) is 5.73 Å². The first-order chi connectivity index (χ1) is 10.9. The lowest BCUT2D eigenvalue weighted by molar-refractivity contribution is -0.137. The van der Waals surface area contributed by atoms with Crippen molar-refractivity contribution in [3.8, 4) is 0 Å². The summed E-state index contributed by atoms with van der Waals surface area (Å²) in [5.41, 5.74) is 6.43. The molecule has 1 aliphatic heterocycles. The molecule has 6 heteroatoms. The summed E-state index contributed by atoms with van der Waals surface area (Å²) in [6.45, 7) is 5.54. The van der Waals surface area contributed by atoms with E-state index in [1.54, 1.807) is 0 Å². The molecule has 1 aliphatic carbocycles. The smallest absolute Gasteiger partial charge is 0.225 e. The molecule has 2 aliphatic rings. The summed E-state index contributed by atoms with van der Waals surface area (Å²) >= 11 is 0. The second-order valence-corrected chi connectivity index (χ2v) is 7.70. The quantitative estimate of drug-likeness (QED) is 0.926. The van der Waals surface area contributed by atoms with E-state index in [1.807, 2.05) is 24.7 Å². The van der Waals surface area contributed by atoms with E-state index >= 15 is 0 Å². The van der Waals surface area contributed by atoms with Crippen LogP contribution in [0.3, 0.4) is 0 Å². The van der Waals surface area contributed by atoms with Crippen molar-refractivity contribution in [1.82, 2.24) is 19.9 Å². The lowest BCUT2D eigenvalue weighted by Gasteiger charge is -2.35.